The third-order valence-corrected chi connectivity index (χ3v) is 4.88. The molecule has 0 bridgehead atoms. The molecule has 1 aromatic carbocycles. The van der Waals surface area contributed by atoms with Gasteiger partial charge in [0.05, 0.1) is 11.4 Å². The number of anilines is 1. The second kappa shape index (κ2) is 8.08. The van der Waals surface area contributed by atoms with Crippen LogP contribution in [0.3, 0.4) is 0 Å². The summed E-state index contributed by atoms with van der Waals surface area (Å²) in [6.07, 6.45) is 6.68. The molecule has 1 aliphatic rings. The van der Waals surface area contributed by atoms with Crippen molar-refractivity contribution < 1.29 is 9.59 Å². The van der Waals surface area contributed by atoms with E-state index in [1.165, 1.54) is 37.4 Å². The minimum atomic E-state index is -0.359. The van der Waals surface area contributed by atoms with E-state index in [0.29, 0.717) is 6.42 Å². The van der Waals surface area contributed by atoms with Crippen molar-refractivity contribution in [3.05, 3.63) is 24.3 Å². The van der Waals surface area contributed by atoms with Gasteiger partial charge in [0.2, 0.25) is 11.8 Å². The van der Waals surface area contributed by atoms with Gasteiger partial charge < -0.3 is 11.1 Å². The molecular formula is C16H22N2O2S. The van der Waals surface area contributed by atoms with Gasteiger partial charge in [-0.1, -0.05) is 37.8 Å². The van der Waals surface area contributed by atoms with E-state index >= 15 is 0 Å². The zero-order chi connectivity index (χ0) is 15.1. The molecule has 2 rings (SSSR count). The third-order valence-electron chi connectivity index (χ3n) is 3.79. The molecule has 1 saturated carbocycles. The van der Waals surface area contributed by atoms with Crippen LogP contribution in [0.1, 0.15) is 38.5 Å². The van der Waals surface area contributed by atoms with E-state index in [-0.39, 0.29) is 17.6 Å². The summed E-state index contributed by atoms with van der Waals surface area (Å²) < 4.78 is 0. The monoisotopic (exact) mass is 306 g/mol. The summed E-state index contributed by atoms with van der Waals surface area (Å²) in [4.78, 5) is 23.8. The molecule has 0 aromatic heterocycles. The summed E-state index contributed by atoms with van der Waals surface area (Å²) in [5.41, 5.74) is 5.93. The molecule has 0 heterocycles. The first-order valence-electron chi connectivity index (χ1n) is 7.45. The fraction of sp³-hybridized carbons (Fsp3) is 0.500. The van der Waals surface area contributed by atoms with Crippen molar-refractivity contribution in [1.82, 2.24) is 0 Å². The average Bonchev–Trinajstić information content (AvgIpc) is 2.97. The zero-order valence-electron chi connectivity index (χ0n) is 12.1. The number of thioether (sulfide) groups is 1. The molecule has 0 saturated heterocycles. The first-order valence-corrected chi connectivity index (χ1v) is 8.43. The number of para-hydroxylation sites is 1. The van der Waals surface area contributed by atoms with E-state index in [1.807, 2.05) is 24.3 Å². The summed E-state index contributed by atoms with van der Waals surface area (Å²) in [5.74, 6) is 0.626. The SMILES string of the molecule is NC(=O)CSc1ccccc1NC(=O)CCC1CCCC1. The summed E-state index contributed by atoms with van der Waals surface area (Å²) >= 11 is 1.35. The van der Waals surface area contributed by atoms with Crippen molar-refractivity contribution >= 4 is 29.3 Å². The van der Waals surface area contributed by atoms with Crippen LogP contribution in [0.5, 0.6) is 0 Å². The molecule has 0 spiro atoms. The van der Waals surface area contributed by atoms with E-state index in [4.69, 9.17) is 5.73 Å². The van der Waals surface area contributed by atoms with Crippen molar-refractivity contribution in [3.63, 3.8) is 0 Å². The van der Waals surface area contributed by atoms with Gasteiger partial charge in [0.1, 0.15) is 0 Å². The van der Waals surface area contributed by atoms with Gasteiger partial charge in [0, 0.05) is 11.3 Å². The number of carbonyl (C=O) groups is 2. The molecule has 1 aliphatic carbocycles. The van der Waals surface area contributed by atoms with Gasteiger partial charge in [-0.05, 0) is 24.5 Å². The molecule has 3 N–H and O–H groups in total. The Morgan fingerprint density at radius 1 is 1.24 bits per heavy atom. The van der Waals surface area contributed by atoms with Gasteiger partial charge in [-0.25, -0.2) is 0 Å². The molecule has 5 heteroatoms. The van der Waals surface area contributed by atoms with Crippen molar-refractivity contribution in [2.45, 2.75) is 43.4 Å². The highest BCUT2D eigenvalue weighted by Gasteiger charge is 2.16. The van der Waals surface area contributed by atoms with Gasteiger partial charge in [0.25, 0.3) is 0 Å². The van der Waals surface area contributed by atoms with E-state index in [0.717, 1.165) is 22.9 Å². The highest BCUT2D eigenvalue weighted by atomic mass is 32.2. The standard InChI is InChI=1S/C16H22N2O2S/c17-15(19)11-21-14-8-4-3-7-13(14)18-16(20)10-9-12-5-1-2-6-12/h3-4,7-8,12H,1-2,5-6,9-11H2,(H2,17,19)(H,18,20). The summed E-state index contributed by atoms with van der Waals surface area (Å²) in [7, 11) is 0. The molecule has 114 valence electrons. The normalized spacial score (nSPS) is 15.0. The number of rotatable bonds is 7. The lowest BCUT2D eigenvalue weighted by Crippen LogP contribution is -2.15. The molecule has 2 amide bonds. The van der Waals surface area contributed by atoms with Crippen molar-refractivity contribution in [2.24, 2.45) is 11.7 Å². The van der Waals surface area contributed by atoms with Gasteiger partial charge in [0.15, 0.2) is 0 Å². The van der Waals surface area contributed by atoms with Crippen molar-refractivity contribution in [3.8, 4) is 0 Å². The van der Waals surface area contributed by atoms with Crippen molar-refractivity contribution in [2.75, 3.05) is 11.1 Å². The molecule has 0 atom stereocenters. The number of nitrogens with two attached hydrogens (primary N) is 1. The first-order chi connectivity index (χ1) is 10.1. The predicted octanol–water partition coefficient (Wildman–Crippen LogP) is 3.17. The molecule has 0 unspecified atom stereocenters. The van der Waals surface area contributed by atoms with Crippen LogP contribution in [-0.4, -0.2) is 17.6 Å². The van der Waals surface area contributed by atoms with E-state index in [9.17, 15) is 9.59 Å². The molecule has 21 heavy (non-hydrogen) atoms. The molecule has 0 radical (unpaired) electrons. The number of nitrogens with one attached hydrogen (secondary N) is 1. The van der Waals surface area contributed by atoms with Crippen LogP contribution in [0, 0.1) is 5.92 Å². The largest absolute Gasteiger partial charge is 0.369 e. The van der Waals surface area contributed by atoms with Crippen molar-refractivity contribution in [1.29, 1.82) is 0 Å². The second-order valence-electron chi connectivity index (χ2n) is 5.49. The highest BCUT2D eigenvalue weighted by Crippen LogP contribution is 2.29. The Hall–Kier alpha value is -1.49. The quantitative estimate of drug-likeness (QED) is 0.760. The summed E-state index contributed by atoms with van der Waals surface area (Å²) in [5, 5.41) is 2.95. The van der Waals surface area contributed by atoms with Crippen LogP contribution in [-0.2, 0) is 9.59 Å². The van der Waals surface area contributed by atoms with Crippen LogP contribution < -0.4 is 11.1 Å². The van der Waals surface area contributed by atoms with Gasteiger partial charge >= 0.3 is 0 Å². The van der Waals surface area contributed by atoms with E-state index in [1.54, 1.807) is 0 Å². The first kappa shape index (κ1) is 15.9. The van der Waals surface area contributed by atoms with Crippen LogP contribution in [0.25, 0.3) is 0 Å². The number of benzene rings is 1. The molecule has 4 nitrogen and oxygen atoms in total. The fourth-order valence-corrected chi connectivity index (χ4v) is 3.44. The van der Waals surface area contributed by atoms with Crippen LogP contribution in [0.2, 0.25) is 0 Å². The Labute approximate surface area is 129 Å². The predicted molar refractivity (Wildman–Crippen MR) is 86.2 cm³/mol. The third kappa shape index (κ3) is 5.42. The zero-order valence-corrected chi connectivity index (χ0v) is 13.0. The van der Waals surface area contributed by atoms with Gasteiger partial charge in [-0.3, -0.25) is 9.59 Å². The fourth-order valence-electron chi connectivity index (χ4n) is 2.69. The lowest BCUT2D eigenvalue weighted by atomic mass is 10.0. The maximum atomic E-state index is 12.0. The summed E-state index contributed by atoms with van der Waals surface area (Å²) in [6.45, 7) is 0. The lowest BCUT2D eigenvalue weighted by Gasteiger charge is -2.12. The number of hydrogen-bond donors (Lipinski definition) is 2. The maximum absolute atomic E-state index is 12.0. The molecule has 1 fully saturated rings. The van der Waals surface area contributed by atoms with Gasteiger partial charge in [-0.2, -0.15) is 0 Å². The number of carbonyl (C=O) groups excluding carboxylic acids is 2. The maximum Gasteiger partial charge on any atom is 0.227 e. The Morgan fingerprint density at radius 3 is 2.67 bits per heavy atom. The molecule has 0 aliphatic heterocycles. The van der Waals surface area contributed by atoms with Crippen LogP contribution in [0.4, 0.5) is 5.69 Å². The minimum Gasteiger partial charge on any atom is -0.369 e. The van der Waals surface area contributed by atoms with Gasteiger partial charge in [-0.15, -0.1) is 11.8 Å². The Morgan fingerprint density at radius 2 is 1.95 bits per heavy atom. The topological polar surface area (TPSA) is 72.2 Å². The number of amides is 2. The molecule has 1 aromatic rings. The van der Waals surface area contributed by atoms with Crippen LogP contribution >= 0.6 is 11.8 Å². The highest BCUT2D eigenvalue weighted by molar-refractivity contribution is 8.00. The number of hydrogen-bond acceptors (Lipinski definition) is 3. The average molecular weight is 306 g/mol. The summed E-state index contributed by atoms with van der Waals surface area (Å²) in [6, 6.07) is 7.51. The van der Waals surface area contributed by atoms with E-state index < -0.39 is 0 Å². The Balaban J connectivity index is 1.85. The second-order valence-corrected chi connectivity index (χ2v) is 6.51. The molecular weight excluding hydrogens is 284 g/mol. The number of primary amides is 1. The Bertz CT molecular complexity index is 499. The van der Waals surface area contributed by atoms with Crippen LogP contribution in [0.15, 0.2) is 29.2 Å². The Kier molecular flexibility index (Phi) is 6.11. The smallest absolute Gasteiger partial charge is 0.227 e. The minimum absolute atomic E-state index is 0.0500. The van der Waals surface area contributed by atoms with E-state index in [2.05, 4.69) is 5.32 Å². The lowest BCUT2D eigenvalue weighted by molar-refractivity contribution is -0.117.